The minimum absolute atomic E-state index is 0.00131. The van der Waals surface area contributed by atoms with E-state index in [4.69, 9.17) is 0 Å². The largest absolute Gasteiger partial charge is 0.416 e. The average molecular weight is 622 g/mol. The molecular weight excluding hydrogens is 591 g/mol. The number of alkyl halides is 3. The second kappa shape index (κ2) is 11.5. The number of aryl methyl sites for hydroxylation is 2. The van der Waals surface area contributed by atoms with E-state index in [1.54, 1.807) is 42.1 Å². The molecule has 6 rings (SSSR count). The molecule has 2 aliphatic rings. The molecule has 0 radical (unpaired) electrons. The molecule has 13 heteroatoms. The number of anilines is 3. The maximum absolute atomic E-state index is 13.9. The molecule has 1 fully saturated rings. The Labute approximate surface area is 255 Å². The molecule has 3 heterocycles. The van der Waals surface area contributed by atoms with Crippen molar-refractivity contribution >= 4 is 46.0 Å². The summed E-state index contributed by atoms with van der Waals surface area (Å²) < 4.78 is 43.4. The van der Waals surface area contributed by atoms with Gasteiger partial charge in [-0.2, -0.15) is 13.2 Å². The molecule has 2 amide bonds. The van der Waals surface area contributed by atoms with Crippen LogP contribution in [0.2, 0.25) is 0 Å². The Bertz CT molecular complexity index is 1790. The van der Waals surface area contributed by atoms with Crippen molar-refractivity contribution in [2.45, 2.75) is 58.5 Å². The fourth-order valence-electron chi connectivity index (χ4n) is 4.96. The lowest BCUT2D eigenvalue weighted by molar-refractivity contribution is -0.138. The number of benzene rings is 2. The zero-order chi connectivity index (χ0) is 31.2. The minimum atomic E-state index is -4.62. The highest BCUT2D eigenvalue weighted by atomic mass is 32.1. The maximum atomic E-state index is 13.9. The Kier molecular flexibility index (Phi) is 7.66. The van der Waals surface area contributed by atoms with Gasteiger partial charge < -0.3 is 25.8 Å². The molecule has 0 spiro atoms. The lowest BCUT2D eigenvalue weighted by Gasteiger charge is -2.22. The first-order valence-electron chi connectivity index (χ1n) is 14.1. The third-order valence-corrected chi connectivity index (χ3v) is 8.37. The Morgan fingerprint density at radius 1 is 1.09 bits per heavy atom. The number of halogens is 3. The predicted molar refractivity (Wildman–Crippen MR) is 165 cm³/mol. The molecule has 1 aliphatic heterocycles. The van der Waals surface area contributed by atoms with Crippen molar-refractivity contribution in [2.75, 3.05) is 16.0 Å². The SMILES string of the molecule is Cc1cn(Cc2ccc(NC(=O)c3ccc(C)c(NC(=O)c4csc5c4NC(C)N=C5NC4CC4)c3)cc2C(F)(F)F)cn1. The van der Waals surface area contributed by atoms with Crippen molar-refractivity contribution in [3.05, 3.63) is 92.7 Å². The van der Waals surface area contributed by atoms with E-state index in [0.717, 1.165) is 35.2 Å². The molecule has 9 nitrogen and oxygen atoms in total. The summed E-state index contributed by atoms with van der Waals surface area (Å²) >= 11 is 1.42. The second-order valence-corrected chi connectivity index (χ2v) is 11.9. The number of fused-ring (bicyclic) bond motifs is 1. The van der Waals surface area contributed by atoms with E-state index in [1.165, 1.54) is 35.9 Å². The summed E-state index contributed by atoms with van der Waals surface area (Å²) in [5.41, 5.74) is 2.38. The first kappa shape index (κ1) is 29.4. The number of nitrogens with one attached hydrogen (secondary N) is 4. The normalized spacial score (nSPS) is 16.0. The lowest BCUT2D eigenvalue weighted by Crippen LogP contribution is -2.33. The van der Waals surface area contributed by atoms with Crippen LogP contribution in [0.15, 0.2) is 59.3 Å². The number of aromatic nitrogens is 2. The monoisotopic (exact) mass is 621 g/mol. The number of hydrogen-bond acceptors (Lipinski definition) is 7. The standard InChI is InChI=1S/C31H30F3N7O2S/c1-16-4-5-19(29(42)39-22-7-6-20(24(11-22)31(32,33)34)13-41-12-17(2)35-15-41)10-25(16)40-30(43)23-14-44-27-26(23)36-18(3)37-28(27)38-21-8-9-21/h4-7,10-12,14-15,18,21,36H,8-9,13H2,1-3H3,(H,37,38)(H,39,42)(H,40,43). The van der Waals surface area contributed by atoms with Crippen LogP contribution in [0.1, 0.15) is 67.7 Å². The van der Waals surface area contributed by atoms with Gasteiger partial charge in [-0.15, -0.1) is 11.3 Å². The molecule has 0 bridgehead atoms. The first-order chi connectivity index (χ1) is 20.9. The topological polar surface area (TPSA) is 112 Å². The van der Waals surface area contributed by atoms with Crippen molar-refractivity contribution in [3.63, 3.8) is 0 Å². The molecule has 0 saturated heterocycles. The molecule has 2 aromatic carbocycles. The van der Waals surface area contributed by atoms with E-state index in [-0.39, 0.29) is 35.4 Å². The van der Waals surface area contributed by atoms with Gasteiger partial charge in [0.25, 0.3) is 11.8 Å². The number of amides is 2. The summed E-state index contributed by atoms with van der Waals surface area (Å²) in [6.07, 6.45) is 0.492. The summed E-state index contributed by atoms with van der Waals surface area (Å²) in [6.45, 7) is 5.45. The van der Waals surface area contributed by atoms with Crippen LogP contribution >= 0.6 is 11.3 Å². The van der Waals surface area contributed by atoms with Gasteiger partial charge in [0.2, 0.25) is 0 Å². The highest BCUT2D eigenvalue weighted by Crippen LogP contribution is 2.36. The van der Waals surface area contributed by atoms with Crippen molar-refractivity contribution in [1.82, 2.24) is 14.9 Å². The smallest absolute Gasteiger partial charge is 0.366 e. The van der Waals surface area contributed by atoms with Crippen LogP contribution in [-0.2, 0) is 12.7 Å². The zero-order valence-electron chi connectivity index (χ0n) is 24.2. The quantitative estimate of drug-likeness (QED) is 0.191. The molecule has 1 aliphatic carbocycles. The fraction of sp³-hybridized carbons (Fsp3) is 0.290. The van der Waals surface area contributed by atoms with E-state index in [2.05, 4.69) is 31.2 Å². The van der Waals surface area contributed by atoms with Crippen LogP contribution in [0, 0.1) is 13.8 Å². The van der Waals surface area contributed by atoms with E-state index >= 15 is 0 Å². The van der Waals surface area contributed by atoms with Crippen molar-refractivity contribution in [1.29, 1.82) is 0 Å². The summed E-state index contributed by atoms with van der Waals surface area (Å²) in [5, 5.41) is 13.9. The number of imidazole rings is 1. The van der Waals surface area contributed by atoms with Gasteiger partial charge >= 0.3 is 6.18 Å². The molecule has 1 atom stereocenters. The number of carbonyl (C=O) groups excluding carboxylic acids is 2. The van der Waals surface area contributed by atoms with E-state index < -0.39 is 17.6 Å². The number of nitrogens with zero attached hydrogens (tertiary/aromatic N) is 3. The molecular formula is C31H30F3N7O2S. The minimum Gasteiger partial charge on any atom is -0.366 e. The lowest BCUT2D eigenvalue weighted by atomic mass is 10.0. The van der Waals surface area contributed by atoms with Gasteiger partial charge in [-0.1, -0.05) is 12.1 Å². The molecule has 4 N–H and O–H groups in total. The van der Waals surface area contributed by atoms with Gasteiger partial charge in [-0.05, 0) is 69.0 Å². The fourth-order valence-corrected chi connectivity index (χ4v) is 5.93. The van der Waals surface area contributed by atoms with Crippen LogP contribution in [0.5, 0.6) is 0 Å². The van der Waals surface area contributed by atoms with Crippen LogP contribution in [0.3, 0.4) is 0 Å². The zero-order valence-corrected chi connectivity index (χ0v) is 25.0. The van der Waals surface area contributed by atoms with Gasteiger partial charge in [0.15, 0.2) is 0 Å². The number of hydrogen-bond donors (Lipinski definition) is 4. The summed E-state index contributed by atoms with van der Waals surface area (Å²) in [6, 6.07) is 8.87. The molecule has 1 saturated carbocycles. The molecule has 4 aromatic rings. The number of carbonyl (C=O) groups is 2. The third kappa shape index (κ3) is 6.32. The highest BCUT2D eigenvalue weighted by Gasteiger charge is 2.34. The highest BCUT2D eigenvalue weighted by molar-refractivity contribution is 7.13. The summed E-state index contributed by atoms with van der Waals surface area (Å²) in [5.74, 6) is -0.178. The van der Waals surface area contributed by atoms with E-state index in [9.17, 15) is 22.8 Å². The number of amidine groups is 1. The van der Waals surface area contributed by atoms with E-state index in [0.29, 0.717) is 28.7 Å². The molecule has 2 aromatic heterocycles. The Morgan fingerprint density at radius 3 is 2.59 bits per heavy atom. The third-order valence-electron chi connectivity index (χ3n) is 7.38. The Balaban J connectivity index is 1.19. The predicted octanol–water partition coefficient (Wildman–Crippen LogP) is 6.40. The van der Waals surface area contributed by atoms with Gasteiger partial charge in [-0.25, -0.2) is 9.98 Å². The van der Waals surface area contributed by atoms with Gasteiger partial charge in [0.1, 0.15) is 12.0 Å². The Hall–Kier alpha value is -4.65. The van der Waals surface area contributed by atoms with Gasteiger partial charge in [-0.3, -0.25) is 9.59 Å². The van der Waals surface area contributed by atoms with Crippen LogP contribution in [0.4, 0.5) is 30.2 Å². The second-order valence-electron chi connectivity index (χ2n) is 11.1. The van der Waals surface area contributed by atoms with Gasteiger partial charge in [0.05, 0.1) is 33.7 Å². The summed E-state index contributed by atoms with van der Waals surface area (Å²) in [4.78, 5) is 36.1. The van der Waals surface area contributed by atoms with Crippen molar-refractivity contribution in [2.24, 2.45) is 4.99 Å². The number of thiophene rings is 1. The molecule has 44 heavy (non-hydrogen) atoms. The van der Waals surface area contributed by atoms with Crippen LogP contribution in [0.25, 0.3) is 0 Å². The molecule has 1 unspecified atom stereocenters. The molecule has 228 valence electrons. The van der Waals surface area contributed by atoms with Crippen molar-refractivity contribution < 1.29 is 22.8 Å². The van der Waals surface area contributed by atoms with Gasteiger partial charge in [0, 0.05) is 41.1 Å². The Morgan fingerprint density at radius 2 is 1.89 bits per heavy atom. The van der Waals surface area contributed by atoms with Crippen LogP contribution in [-0.4, -0.2) is 39.4 Å². The number of aliphatic imine (C=N–C) groups is 1. The number of rotatable bonds is 7. The van der Waals surface area contributed by atoms with Crippen molar-refractivity contribution in [3.8, 4) is 0 Å². The first-order valence-corrected chi connectivity index (χ1v) is 15.0. The average Bonchev–Trinajstić information content (AvgIpc) is 3.52. The van der Waals surface area contributed by atoms with Crippen LogP contribution < -0.4 is 21.3 Å². The summed E-state index contributed by atoms with van der Waals surface area (Å²) in [7, 11) is 0. The van der Waals surface area contributed by atoms with E-state index in [1.807, 2.05) is 6.92 Å². The maximum Gasteiger partial charge on any atom is 0.416 e.